The Kier molecular flexibility index (Phi) is 2.12. The Balaban J connectivity index is 3.09. The molecule has 0 bridgehead atoms. The molecule has 3 radical (unpaired) electrons. The molecule has 0 saturated carbocycles. The molecule has 0 N–H and O–H groups in total. The first-order valence-corrected chi connectivity index (χ1v) is 3.60. The molecule has 10 heavy (non-hydrogen) atoms. The summed E-state index contributed by atoms with van der Waals surface area (Å²) in [6.07, 6.45) is 0. The van der Waals surface area contributed by atoms with Crippen LogP contribution in [0.5, 0.6) is 5.75 Å². The summed E-state index contributed by atoms with van der Waals surface area (Å²) in [6, 6.07) is 6.00. The Morgan fingerprint density at radius 1 is 1.40 bits per heavy atom. The van der Waals surface area contributed by atoms with Gasteiger partial charge in [0.05, 0.1) is 17.4 Å². The highest BCUT2D eigenvalue weighted by Crippen LogP contribution is 2.07. The van der Waals surface area contributed by atoms with Crippen molar-refractivity contribution in [2.24, 2.45) is 0 Å². The van der Waals surface area contributed by atoms with Crippen LogP contribution in [0.1, 0.15) is 5.56 Å². The minimum absolute atomic E-state index is 0.886. The highest BCUT2D eigenvalue weighted by molar-refractivity contribution is 6.34. The minimum Gasteiger partial charge on any atom is -0.497 e. The van der Waals surface area contributed by atoms with Crippen molar-refractivity contribution in [1.82, 2.24) is 0 Å². The quantitative estimate of drug-likeness (QED) is 0.537. The molecule has 0 atom stereocenters. The summed E-state index contributed by atoms with van der Waals surface area (Å²) >= 11 is 0. The third-order valence-corrected chi connectivity index (χ3v) is 1.77. The lowest BCUT2D eigenvalue weighted by molar-refractivity contribution is 0.418. The fraction of sp³-hybridized carbons (Fsp3) is 0.250. The molecule has 0 aliphatic heterocycles. The first-order chi connectivity index (χ1) is 4.74. The van der Waals surface area contributed by atoms with Gasteiger partial charge in [-0.1, -0.05) is 12.1 Å². The summed E-state index contributed by atoms with van der Waals surface area (Å²) in [5.41, 5.74) is 1.21. The van der Waals surface area contributed by atoms with Crippen LogP contribution < -0.4 is 9.92 Å². The van der Waals surface area contributed by atoms with Crippen molar-refractivity contribution in [3.8, 4) is 5.75 Å². The van der Waals surface area contributed by atoms with E-state index in [0.717, 1.165) is 10.9 Å². The number of methoxy groups -OCH3 is 1. The van der Waals surface area contributed by atoms with Crippen LogP contribution in [0.15, 0.2) is 18.2 Å². The smallest absolute Gasteiger partial charge is 0.117 e. The van der Waals surface area contributed by atoms with Crippen LogP contribution in [0.4, 0.5) is 0 Å². The van der Waals surface area contributed by atoms with Crippen LogP contribution in [0.25, 0.3) is 0 Å². The Morgan fingerprint density at radius 3 is 2.60 bits per heavy atom. The van der Waals surface area contributed by atoms with Crippen molar-refractivity contribution >= 4 is 15.4 Å². The van der Waals surface area contributed by atoms with E-state index in [-0.39, 0.29) is 0 Å². The van der Waals surface area contributed by atoms with Gasteiger partial charge in [0.25, 0.3) is 0 Å². The molecule has 0 spiro atoms. The van der Waals surface area contributed by atoms with Gasteiger partial charge in [-0.15, -0.1) is 0 Å². The van der Waals surface area contributed by atoms with Crippen molar-refractivity contribution < 1.29 is 4.74 Å². The number of benzene rings is 1. The summed E-state index contributed by atoms with van der Waals surface area (Å²) < 4.78 is 5.08. The Hall–Kier alpha value is -0.763. The second kappa shape index (κ2) is 2.88. The molecule has 0 heterocycles. The van der Waals surface area contributed by atoms with Gasteiger partial charge in [-0.3, -0.25) is 0 Å². The maximum Gasteiger partial charge on any atom is 0.117 e. The standard InChI is InChI=1S/C8H9OSi/c1-6-3-4-8(10)7(5-6)9-2/h3-5H,1-2H3. The highest BCUT2D eigenvalue weighted by Gasteiger charge is 1.95. The fourth-order valence-corrected chi connectivity index (χ4v) is 1.06. The predicted molar refractivity (Wildman–Crippen MR) is 43.1 cm³/mol. The van der Waals surface area contributed by atoms with Gasteiger partial charge in [0.2, 0.25) is 0 Å². The summed E-state index contributed by atoms with van der Waals surface area (Å²) in [5, 5.41) is 0.994. The lowest BCUT2D eigenvalue weighted by atomic mass is 10.2. The van der Waals surface area contributed by atoms with E-state index in [1.54, 1.807) is 7.11 Å². The first-order valence-electron chi connectivity index (χ1n) is 3.10. The SMILES string of the molecule is COc1cc(C)ccc1[Si]. The molecule has 51 valence electrons. The second-order valence-corrected chi connectivity index (χ2v) is 2.74. The third-order valence-electron chi connectivity index (χ3n) is 1.36. The Morgan fingerprint density at radius 2 is 2.10 bits per heavy atom. The van der Waals surface area contributed by atoms with Crippen molar-refractivity contribution in [1.29, 1.82) is 0 Å². The van der Waals surface area contributed by atoms with Crippen LogP contribution in [-0.2, 0) is 0 Å². The maximum absolute atomic E-state index is 5.08. The molecule has 0 aliphatic carbocycles. The van der Waals surface area contributed by atoms with Gasteiger partial charge >= 0.3 is 0 Å². The summed E-state index contributed by atoms with van der Waals surface area (Å²) in [7, 11) is 5.08. The van der Waals surface area contributed by atoms with Crippen LogP contribution in [0.2, 0.25) is 0 Å². The Bertz CT molecular complexity index is 233. The van der Waals surface area contributed by atoms with Gasteiger partial charge in [0.15, 0.2) is 0 Å². The molecule has 2 heteroatoms. The van der Waals surface area contributed by atoms with E-state index in [9.17, 15) is 0 Å². The zero-order valence-electron chi connectivity index (χ0n) is 6.14. The number of hydrogen-bond donors (Lipinski definition) is 0. The normalized spacial score (nSPS) is 9.50. The van der Waals surface area contributed by atoms with Crippen LogP contribution in [0.3, 0.4) is 0 Å². The predicted octanol–water partition coefficient (Wildman–Crippen LogP) is 0.797. The topological polar surface area (TPSA) is 9.23 Å². The molecule has 0 aromatic heterocycles. The molecule has 0 saturated heterocycles. The summed E-state index contributed by atoms with van der Waals surface area (Å²) in [4.78, 5) is 0. The average Bonchev–Trinajstić information content (AvgIpc) is 1.94. The van der Waals surface area contributed by atoms with E-state index >= 15 is 0 Å². The molecule has 1 aromatic rings. The molecular weight excluding hydrogens is 140 g/mol. The number of rotatable bonds is 1. The van der Waals surface area contributed by atoms with E-state index < -0.39 is 0 Å². The number of aryl methyl sites for hydroxylation is 1. The van der Waals surface area contributed by atoms with E-state index in [0.29, 0.717) is 0 Å². The lowest BCUT2D eigenvalue weighted by Gasteiger charge is -2.03. The average molecular weight is 149 g/mol. The highest BCUT2D eigenvalue weighted by atomic mass is 28.1. The van der Waals surface area contributed by atoms with Gasteiger partial charge in [0, 0.05) is 0 Å². The first kappa shape index (κ1) is 7.35. The van der Waals surface area contributed by atoms with Crippen LogP contribution in [0, 0.1) is 6.92 Å². The minimum atomic E-state index is 0.886. The second-order valence-electron chi connectivity index (χ2n) is 2.20. The van der Waals surface area contributed by atoms with E-state index in [4.69, 9.17) is 4.74 Å². The molecule has 0 fully saturated rings. The van der Waals surface area contributed by atoms with Gasteiger partial charge in [-0.2, -0.15) is 0 Å². The van der Waals surface area contributed by atoms with Crippen LogP contribution >= 0.6 is 0 Å². The fourth-order valence-electron chi connectivity index (χ4n) is 0.798. The molecule has 0 aliphatic rings. The number of hydrogen-bond acceptors (Lipinski definition) is 1. The number of ether oxygens (including phenoxy) is 1. The summed E-state index contributed by atoms with van der Waals surface area (Å²) in [5.74, 6) is 0.886. The van der Waals surface area contributed by atoms with Crippen molar-refractivity contribution in [3.63, 3.8) is 0 Å². The zero-order valence-corrected chi connectivity index (χ0v) is 7.14. The maximum atomic E-state index is 5.08. The van der Waals surface area contributed by atoms with E-state index in [1.165, 1.54) is 5.56 Å². The Labute approximate surface area is 64.4 Å². The van der Waals surface area contributed by atoms with Gasteiger partial charge < -0.3 is 4.74 Å². The van der Waals surface area contributed by atoms with Crippen molar-refractivity contribution in [2.75, 3.05) is 7.11 Å². The molecule has 0 unspecified atom stereocenters. The van der Waals surface area contributed by atoms with Gasteiger partial charge in [0.1, 0.15) is 5.75 Å². The molecule has 0 amide bonds. The van der Waals surface area contributed by atoms with E-state index in [2.05, 4.69) is 10.2 Å². The zero-order chi connectivity index (χ0) is 7.56. The lowest BCUT2D eigenvalue weighted by Crippen LogP contribution is -2.06. The van der Waals surface area contributed by atoms with Gasteiger partial charge in [-0.05, 0) is 23.7 Å². The summed E-state index contributed by atoms with van der Waals surface area (Å²) in [6.45, 7) is 2.04. The third kappa shape index (κ3) is 1.39. The molecule has 1 nitrogen and oxygen atoms in total. The molecule has 1 rings (SSSR count). The van der Waals surface area contributed by atoms with Crippen molar-refractivity contribution in [2.45, 2.75) is 6.92 Å². The van der Waals surface area contributed by atoms with Crippen molar-refractivity contribution in [3.05, 3.63) is 23.8 Å². The van der Waals surface area contributed by atoms with E-state index in [1.807, 2.05) is 25.1 Å². The molecule has 1 aromatic carbocycles. The van der Waals surface area contributed by atoms with Gasteiger partial charge in [-0.25, -0.2) is 0 Å². The molecular formula is C8H9OSi. The largest absolute Gasteiger partial charge is 0.497 e. The van der Waals surface area contributed by atoms with Crippen LogP contribution in [-0.4, -0.2) is 17.4 Å². The monoisotopic (exact) mass is 149 g/mol.